The maximum atomic E-state index is 13.8. The summed E-state index contributed by atoms with van der Waals surface area (Å²) in [5.74, 6) is 0.885. The van der Waals surface area contributed by atoms with Crippen LogP contribution < -0.4 is 19.1 Å². The molecule has 210 valence electrons. The summed E-state index contributed by atoms with van der Waals surface area (Å²) in [7, 11) is 0.476. The molecule has 4 heterocycles. The summed E-state index contributed by atoms with van der Waals surface area (Å²) in [6.45, 7) is 0.973. The Bertz CT molecular complexity index is 1380. The van der Waals surface area contributed by atoms with Crippen molar-refractivity contribution >= 4 is 21.9 Å². The van der Waals surface area contributed by atoms with E-state index in [1.807, 2.05) is 0 Å². The average Bonchev–Trinajstić information content (AvgIpc) is 3.62. The molecule has 0 spiro atoms. The van der Waals surface area contributed by atoms with Crippen molar-refractivity contribution < 1.29 is 31.8 Å². The molecule has 39 heavy (non-hydrogen) atoms. The third-order valence-corrected chi connectivity index (χ3v) is 8.49. The smallest absolute Gasteiger partial charge is 0.243 e. The van der Waals surface area contributed by atoms with Crippen molar-refractivity contribution in [3.63, 3.8) is 0 Å². The van der Waals surface area contributed by atoms with Crippen LogP contribution in [0.5, 0.6) is 11.5 Å². The van der Waals surface area contributed by atoms with Gasteiger partial charge in [0.1, 0.15) is 28.5 Å². The largest absolute Gasteiger partial charge is 0.494 e. The maximum absolute atomic E-state index is 13.8. The van der Waals surface area contributed by atoms with Crippen LogP contribution in [0.1, 0.15) is 31.2 Å². The number of rotatable bonds is 9. The number of methoxy groups -OCH3 is 3. The average molecular weight is 564 g/mol. The van der Waals surface area contributed by atoms with Crippen molar-refractivity contribution in [3.05, 3.63) is 42.2 Å². The monoisotopic (exact) mass is 563 g/mol. The molecule has 2 saturated heterocycles. The first-order valence-electron chi connectivity index (χ1n) is 12.4. The van der Waals surface area contributed by atoms with E-state index in [2.05, 4.69) is 24.9 Å². The molecule has 2 aliphatic rings. The summed E-state index contributed by atoms with van der Waals surface area (Å²) in [6.07, 6.45) is 3.02. The zero-order valence-corrected chi connectivity index (χ0v) is 22.6. The number of sulfonamides is 1. The van der Waals surface area contributed by atoms with E-state index in [0.29, 0.717) is 42.6 Å². The van der Waals surface area contributed by atoms with Crippen molar-refractivity contribution in [1.82, 2.24) is 24.7 Å². The lowest BCUT2D eigenvalue weighted by molar-refractivity contribution is 0.0898. The highest BCUT2D eigenvalue weighted by atomic mass is 32.2. The molecular weight excluding hydrogens is 533 g/mol. The summed E-state index contributed by atoms with van der Waals surface area (Å²) in [5.41, 5.74) is 0.440. The zero-order chi connectivity index (χ0) is 27.6. The van der Waals surface area contributed by atoms with Gasteiger partial charge in [0, 0.05) is 26.8 Å². The van der Waals surface area contributed by atoms with E-state index in [1.54, 1.807) is 27.7 Å². The lowest BCUT2D eigenvalue weighted by Crippen LogP contribution is -2.51. The van der Waals surface area contributed by atoms with Gasteiger partial charge in [0.05, 0.1) is 32.7 Å². The molecule has 1 unspecified atom stereocenters. The Kier molecular flexibility index (Phi) is 7.81. The van der Waals surface area contributed by atoms with Gasteiger partial charge in [-0.3, -0.25) is 9.29 Å². The standard InChI is InChI=1S/C24H30FN7O6S/c1-35-16-10-17(14-31(13-16)23-26-11-15(25)12-27-23)39(33,34)30-24-29-28-22(20-8-5-9-38-20)32(24)21-18(36-2)6-4-7-19(21)37-3/h4,6-7,11-12,16-17,20H,5,8-10,13-14H2,1-3H3,(H,29,30)/t16-,17+,20?/m0/s1. The molecule has 2 fully saturated rings. The molecule has 0 bridgehead atoms. The molecule has 0 amide bonds. The molecule has 2 aliphatic heterocycles. The normalized spacial score (nSPS) is 21.6. The van der Waals surface area contributed by atoms with Gasteiger partial charge in [-0.1, -0.05) is 6.07 Å². The Morgan fingerprint density at radius 1 is 1.08 bits per heavy atom. The number of benzene rings is 1. The van der Waals surface area contributed by atoms with Crippen LogP contribution in [0.4, 0.5) is 16.3 Å². The van der Waals surface area contributed by atoms with Crippen molar-refractivity contribution in [2.45, 2.75) is 36.7 Å². The van der Waals surface area contributed by atoms with Gasteiger partial charge in [0.2, 0.25) is 21.9 Å². The number of nitrogens with one attached hydrogen (secondary N) is 1. The molecule has 2 aromatic heterocycles. The lowest BCUT2D eigenvalue weighted by atomic mass is 10.1. The van der Waals surface area contributed by atoms with Crippen LogP contribution in [-0.2, 0) is 19.5 Å². The Hall–Kier alpha value is -3.56. The van der Waals surface area contributed by atoms with Gasteiger partial charge in [-0.05, 0) is 31.4 Å². The highest BCUT2D eigenvalue weighted by molar-refractivity contribution is 7.93. The third kappa shape index (κ3) is 5.46. The first-order chi connectivity index (χ1) is 18.8. The maximum Gasteiger partial charge on any atom is 0.243 e. The first kappa shape index (κ1) is 27.0. The van der Waals surface area contributed by atoms with Gasteiger partial charge in [-0.2, -0.15) is 0 Å². The van der Waals surface area contributed by atoms with E-state index in [4.69, 9.17) is 18.9 Å². The van der Waals surface area contributed by atoms with Gasteiger partial charge in [-0.15, -0.1) is 10.2 Å². The highest BCUT2D eigenvalue weighted by Crippen LogP contribution is 2.39. The first-order valence-corrected chi connectivity index (χ1v) is 13.9. The predicted octanol–water partition coefficient (Wildman–Crippen LogP) is 2.10. The molecule has 1 aromatic carbocycles. The van der Waals surface area contributed by atoms with E-state index in [0.717, 1.165) is 18.8 Å². The van der Waals surface area contributed by atoms with Crippen molar-refractivity contribution in [3.8, 4) is 17.2 Å². The second-order valence-corrected chi connectivity index (χ2v) is 11.2. The quantitative estimate of drug-likeness (QED) is 0.409. The number of anilines is 2. The number of nitrogens with zero attached hydrogens (tertiary/aromatic N) is 6. The summed E-state index contributed by atoms with van der Waals surface area (Å²) < 4.78 is 67.8. The Morgan fingerprint density at radius 3 is 2.41 bits per heavy atom. The van der Waals surface area contributed by atoms with Crippen LogP contribution in [0.15, 0.2) is 30.6 Å². The van der Waals surface area contributed by atoms with Crippen molar-refractivity contribution in [2.24, 2.45) is 0 Å². The van der Waals surface area contributed by atoms with Crippen LogP contribution >= 0.6 is 0 Å². The summed E-state index contributed by atoms with van der Waals surface area (Å²) in [5, 5.41) is 7.60. The topological polar surface area (TPSA) is 143 Å². The lowest BCUT2D eigenvalue weighted by Gasteiger charge is -2.36. The number of piperidine rings is 1. The van der Waals surface area contributed by atoms with Gasteiger partial charge in [0.15, 0.2) is 11.6 Å². The summed E-state index contributed by atoms with van der Waals surface area (Å²) >= 11 is 0. The molecule has 0 aliphatic carbocycles. The van der Waals surface area contributed by atoms with Crippen molar-refractivity contribution in [1.29, 1.82) is 0 Å². The minimum atomic E-state index is -4.06. The Labute approximate surface area is 225 Å². The molecule has 3 aromatic rings. The molecule has 15 heteroatoms. The number of halogens is 1. The second kappa shape index (κ2) is 11.3. The van der Waals surface area contributed by atoms with Gasteiger partial charge < -0.3 is 23.8 Å². The van der Waals surface area contributed by atoms with Gasteiger partial charge >= 0.3 is 0 Å². The molecule has 5 rings (SSSR count). The number of ether oxygens (including phenoxy) is 4. The Morgan fingerprint density at radius 2 is 1.79 bits per heavy atom. The van der Waals surface area contributed by atoms with Crippen LogP contribution in [-0.4, -0.2) is 85.5 Å². The fraction of sp³-hybridized carbons (Fsp3) is 0.500. The summed E-state index contributed by atoms with van der Waals surface area (Å²) in [6, 6.07) is 5.24. The Balaban J connectivity index is 1.52. The fourth-order valence-corrected chi connectivity index (χ4v) is 6.27. The number of aromatic nitrogens is 5. The number of para-hydroxylation sites is 1. The van der Waals surface area contributed by atoms with E-state index >= 15 is 0 Å². The predicted molar refractivity (Wildman–Crippen MR) is 138 cm³/mol. The fourth-order valence-electron chi connectivity index (χ4n) is 4.87. The molecule has 1 N–H and O–H groups in total. The van der Waals surface area contributed by atoms with Gasteiger partial charge in [-0.25, -0.2) is 22.8 Å². The summed E-state index contributed by atoms with van der Waals surface area (Å²) in [4.78, 5) is 9.68. The van der Waals surface area contributed by atoms with Crippen LogP contribution in [0, 0.1) is 5.82 Å². The van der Waals surface area contributed by atoms with Gasteiger partial charge in [0.25, 0.3) is 0 Å². The van der Waals surface area contributed by atoms with Crippen LogP contribution in [0.3, 0.4) is 0 Å². The minimum Gasteiger partial charge on any atom is -0.494 e. The molecular formula is C24H30FN7O6S. The van der Waals surface area contributed by atoms with E-state index in [9.17, 15) is 12.8 Å². The second-order valence-electron chi connectivity index (χ2n) is 9.20. The molecule has 0 saturated carbocycles. The molecule has 0 radical (unpaired) electrons. The molecule has 3 atom stereocenters. The zero-order valence-electron chi connectivity index (χ0n) is 21.8. The third-order valence-electron chi connectivity index (χ3n) is 6.80. The van der Waals surface area contributed by atoms with E-state index in [-0.39, 0.29) is 31.0 Å². The van der Waals surface area contributed by atoms with E-state index < -0.39 is 27.2 Å². The van der Waals surface area contributed by atoms with Crippen LogP contribution in [0.2, 0.25) is 0 Å². The molecule has 13 nitrogen and oxygen atoms in total. The SMILES string of the molecule is COc1cccc(OC)c1-n1c(NS(=O)(=O)[C@@H]2C[C@H](OC)CN(c3ncc(F)cn3)C2)nnc1C1CCCO1. The van der Waals surface area contributed by atoms with E-state index in [1.165, 1.54) is 21.3 Å². The van der Waals surface area contributed by atoms with Crippen LogP contribution in [0.25, 0.3) is 5.69 Å². The number of hydrogen-bond donors (Lipinski definition) is 1. The minimum absolute atomic E-state index is 0.0348. The highest BCUT2D eigenvalue weighted by Gasteiger charge is 2.38. The van der Waals surface area contributed by atoms with Crippen molar-refractivity contribution in [2.75, 3.05) is 50.6 Å². The number of hydrogen-bond acceptors (Lipinski definition) is 11.